The molecule has 1 aliphatic heterocycles. The molecule has 1 unspecified atom stereocenters. The molecule has 1 aromatic rings. The Morgan fingerprint density at radius 2 is 1.72 bits per heavy atom. The topological polar surface area (TPSA) is 37.4 Å². The fourth-order valence-electron chi connectivity index (χ4n) is 7.02. The second kappa shape index (κ2) is 11.2. The van der Waals surface area contributed by atoms with Gasteiger partial charge in [0.25, 0.3) is 0 Å². The van der Waals surface area contributed by atoms with Gasteiger partial charge in [-0.15, -0.1) is 0 Å². The molecule has 0 radical (unpaired) electrons. The van der Waals surface area contributed by atoms with Crippen LogP contribution in [0, 0.1) is 17.8 Å². The van der Waals surface area contributed by atoms with Crippen LogP contribution in [0.4, 0.5) is 0 Å². The SMILES string of the molecule is CC[C@H](C)C(CC(=O)[C@H](CC1CCCCC1)[N+](C)(C)C)C(=O)N1CCC2(C=Cc3ccccc32)CC1. The molecule has 4 heteroatoms. The highest BCUT2D eigenvalue weighted by Crippen LogP contribution is 2.44. The number of quaternary nitrogens is 1. The first kappa shape index (κ1) is 27.1. The lowest BCUT2D eigenvalue weighted by Gasteiger charge is -2.41. The van der Waals surface area contributed by atoms with Crippen molar-refractivity contribution < 1.29 is 14.1 Å². The number of benzene rings is 1. The van der Waals surface area contributed by atoms with Crippen LogP contribution in [0.15, 0.2) is 30.3 Å². The third-order valence-corrected chi connectivity index (χ3v) is 9.70. The summed E-state index contributed by atoms with van der Waals surface area (Å²) >= 11 is 0. The number of rotatable bonds is 9. The van der Waals surface area contributed by atoms with E-state index >= 15 is 0 Å². The Bertz CT molecular complexity index is 945. The minimum atomic E-state index is -0.205. The molecule has 2 fully saturated rings. The van der Waals surface area contributed by atoms with Gasteiger partial charge in [-0.1, -0.05) is 88.8 Å². The van der Waals surface area contributed by atoms with Gasteiger partial charge in [-0.2, -0.15) is 0 Å². The summed E-state index contributed by atoms with van der Waals surface area (Å²) in [5.41, 5.74) is 2.81. The molecule has 1 amide bonds. The van der Waals surface area contributed by atoms with Crippen molar-refractivity contribution in [2.24, 2.45) is 17.8 Å². The van der Waals surface area contributed by atoms with Crippen molar-refractivity contribution in [2.45, 2.75) is 89.5 Å². The fraction of sp³-hybridized carbons (Fsp3) is 0.688. The van der Waals surface area contributed by atoms with E-state index in [-0.39, 0.29) is 29.2 Å². The van der Waals surface area contributed by atoms with E-state index in [4.69, 9.17) is 0 Å². The van der Waals surface area contributed by atoms with Gasteiger partial charge in [0.15, 0.2) is 5.78 Å². The number of Topliss-reactive ketones (excluding diaryl/α,β-unsaturated/α-hetero) is 1. The van der Waals surface area contributed by atoms with E-state index in [1.54, 1.807) is 0 Å². The van der Waals surface area contributed by atoms with E-state index in [0.717, 1.165) is 38.8 Å². The van der Waals surface area contributed by atoms with Crippen LogP contribution in [0.25, 0.3) is 6.08 Å². The van der Waals surface area contributed by atoms with Crippen LogP contribution in [-0.2, 0) is 15.0 Å². The number of amides is 1. The number of ketones is 1. The standard InChI is InChI=1S/C32H49N2O2/c1-6-24(2)27(23-30(35)29(34(3,4)5)22-25-12-8-7-9-13-25)31(36)33-20-18-32(19-21-33)17-16-26-14-10-11-15-28(26)32/h10-11,14-17,24-25,27,29H,6-9,12-13,18-23H2,1-5H3/q+1/t24-,27?,29-/m0/s1. The highest BCUT2D eigenvalue weighted by molar-refractivity contribution is 5.89. The van der Waals surface area contributed by atoms with Gasteiger partial charge < -0.3 is 9.38 Å². The van der Waals surface area contributed by atoms with Crippen molar-refractivity contribution >= 4 is 17.8 Å². The lowest BCUT2D eigenvalue weighted by atomic mass is 9.74. The Labute approximate surface area is 219 Å². The smallest absolute Gasteiger partial charge is 0.226 e. The fourth-order valence-corrected chi connectivity index (χ4v) is 7.02. The largest absolute Gasteiger partial charge is 0.342 e. The molecule has 1 saturated heterocycles. The molecule has 1 saturated carbocycles. The summed E-state index contributed by atoms with van der Waals surface area (Å²) in [4.78, 5) is 29.8. The molecule has 4 rings (SSSR count). The zero-order chi connectivity index (χ0) is 25.9. The Morgan fingerprint density at radius 1 is 1.06 bits per heavy atom. The summed E-state index contributed by atoms with van der Waals surface area (Å²) in [5.74, 6) is 1.17. The average molecular weight is 494 g/mol. The highest BCUT2D eigenvalue weighted by Gasteiger charge is 2.42. The third-order valence-electron chi connectivity index (χ3n) is 9.70. The van der Waals surface area contributed by atoms with Crippen LogP contribution in [0.5, 0.6) is 0 Å². The average Bonchev–Trinajstić information content (AvgIpc) is 3.23. The van der Waals surface area contributed by atoms with Crippen LogP contribution >= 0.6 is 0 Å². The summed E-state index contributed by atoms with van der Waals surface area (Å²) in [6.45, 7) is 5.87. The molecule has 0 aromatic heterocycles. The summed E-state index contributed by atoms with van der Waals surface area (Å²) in [5, 5.41) is 0. The molecule has 0 bridgehead atoms. The number of likely N-dealkylation sites (N-methyl/N-ethyl adjacent to an activating group) is 1. The monoisotopic (exact) mass is 493 g/mol. The summed E-state index contributed by atoms with van der Waals surface area (Å²) in [6.07, 6.45) is 15.3. The number of likely N-dealkylation sites (tertiary alicyclic amines) is 1. The molecule has 1 spiro atoms. The number of carbonyl (C=O) groups excluding carboxylic acids is 2. The Morgan fingerprint density at radius 3 is 2.36 bits per heavy atom. The van der Waals surface area contributed by atoms with Gasteiger partial charge in [0.2, 0.25) is 5.91 Å². The third kappa shape index (κ3) is 5.79. The quantitative estimate of drug-likeness (QED) is 0.382. The molecule has 1 aromatic carbocycles. The van der Waals surface area contributed by atoms with Crippen LogP contribution in [0.3, 0.4) is 0 Å². The Balaban J connectivity index is 1.44. The van der Waals surface area contributed by atoms with Crippen molar-refractivity contribution in [1.82, 2.24) is 4.90 Å². The number of fused-ring (bicyclic) bond motifs is 2. The lowest BCUT2D eigenvalue weighted by Crippen LogP contribution is -2.52. The van der Waals surface area contributed by atoms with Crippen LogP contribution in [-0.4, -0.2) is 61.3 Å². The number of hydrogen-bond donors (Lipinski definition) is 0. The van der Waals surface area contributed by atoms with E-state index in [9.17, 15) is 9.59 Å². The molecule has 4 nitrogen and oxygen atoms in total. The van der Waals surface area contributed by atoms with E-state index in [2.05, 4.69) is 76.3 Å². The Kier molecular flexibility index (Phi) is 8.44. The zero-order valence-electron chi connectivity index (χ0n) is 23.5. The molecule has 3 aliphatic rings. The lowest BCUT2D eigenvalue weighted by molar-refractivity contribution is -0.887. The second-order valence-electron chi connectivity index (χ2n) is 12.9. The van der Waals surface area contributed by atoms with E-state index in [1.165, 1.54) is 43.2 Å². The maximum Gasteiger partial charge on any atom is 0.226 e. The van der Waals surface area contributed by atoms with Gasteiger partial charge in [0.05, 0.1) is 21.1 Å². The predicted octanol–water partition coefficient (Wildman–Crippen LogP) is 6.24. The summed E-state index contributed by atoms with van der Waals surface area (Å²) < 4.78 is 0.661. The van der Waals surface area contributed by atoms with Gasteiger partial charge in [-0.25, -0.2) is 0 Å². The van der Waals surface area contributed by atoms with Gasteiger partial charge >= 0.3 is 0 Å². The number of hydrogen-bond acceptors (Lipinski definition) is 2. The van der Waals surface area contributed by atoms with Crippen molar-refractivity contribution in [2.75, 3.05) is 34.2 Å². The van der Waals surface area contributed by atoms with Crippen molar-refractivity contribution in [3.63, 3.8) is 0 Å². The van der Waals surface area contributed by atoms with Crippen LogP contribution in [0.2, 0.25) is 0 Å². The Hall–Kier alpha value is -1.94. The summed E-state index contributed by atoms with van der Waals surface area (Å²) in [7, 11) is 6.47. The van der Waals surface area contributed by atoms with E-state index in [0.29, 0.717) is 22.6 Å². The number of allylic oxidation sites excluding steroid dienone is 1. The van der Waals surface area contributed by atoms with Crippen molar-refractivity contribution in [3.05, 3.63) is 41.5 Å². The maximum atomic E-state index is 13.9. The molecule has 36 heavy (non-hydrogen) atoms. The molecular weight excluding hydrogens is 444 g/mol. The molecule has 0 N–H and O–H groups in total. The highest BCUT2D eigenvalue weighted by atomic mass is 16.2. The minimum absolute atomic E-state index is 0.0165. The number of piperidine rings is 1. The molecule has 198 valence electrons. The second-order valence-corrected chi connectivity index (χ2v) is 12.9. The maximum absolute atomic E-state index is 13.9. The van der Waals surface area contributed by atoms with Gasteiger partial charge in [-0.05, 0) is 35.8 Å². The predicted molar refractivity (Wildman–Crippen MR) is 149 cm³/mol. The zero-order valence-corrected chi connectivity index (χ0v) is 23.5. The normalized spacial score (nSPS) is 22.3. The molecule has 2 aliphatic carbocycles. The van der Waals surface area contributed by atoms with Crippen molar-refractivity contribution in [1.29, 1.82) is 0 Å². The first-order valence-electron chi connectivity index (χ1n) is 14.6. The molecule has 3 atom stereocenters. The number of nitrogens with zero attached hydrogens (tertiary/aromatic N) is 2. The first-order valence-corrected chi connectivity index (χ1v) is 14.6. The van der Waals surface area contributed by atoms with Crippen molar-refractivity contribution in [3.8, 4) is 0 Å². The van der Waals surface area contributed by atoms with E-state index < -0.39 is 0 Å². The first-order chi connectivity index (χ1) is 17.1. The van der Waals surface area contributed by atoms with Gasteiger partial charge in [-0.3, -0.25) is 9.59 Å². The molecular formula is C32H49N2O2+. The minimum Gasteiger partial charge on any atom is -0.342 e. The summed E-state index contributed by atoms with van der Waals surface area (Å²) in [6, 6.07) is 8.67. The van der Waals surface area contributed by atoms with Gasteiger partial charge in [0.1, 0.15) is 6.04 Å². The number of carbonyl (C=O) groups is 2. The van der Waals surface area contributed by atoms with Gasteiger partial charge in [0, 0.05) is 37.3 Å². The van der Waals surface area contributed by atoms with Crippen LogP contribution < -0.4 is 0 Å². The van der Waals surface area contributed by atoms with Crippen LogP contribution in [0.1, 0.15) is 89.2 Å². The molecule has 1 heterocycles. The van der Waals surface area contributed by atoms with E-state index in [1.807, 2.05) is 0 Å².